The monoisotopic (exact) mass is 379 g/mol. The third-order valence-corrected chi connectivity index (χ3v) is 4.60. The summed E-state index contributed by atoms with van der Waals surface area (Å²) in [5, 5.41) is 9.70. The molecule has 6 heteroatoms. The van der Waals surface area contributed by atoms with Crippen molar-refractivity contribution in [2.24, 2.45) is 5.73 Å². The quantitative estimate of drug-likeness (QED) is 0.555. The van der Waals surface area contributed by atoms with Gasteiger partial charge in [-0.3, -0.25) is 0 Å². The van der Waals surface area contributed by atoms with Crippen molar-refractivity contribution >= 4 is 5.69 Å². The van der Waals surface area contributed by atoms with E-state index in [0.717, 1.165) is 24.0 Å². The molecule has 0 bridgehead atoms. The molecule has 1 aliphatic heterocycles. The first-order valence-corrected chi connectivity index (χ1v) is 9.45. The van der Waals surface area contributed by atoms with E-state index in [0.29, 0.717) is 41.7 Å². The highest BCUT2D eigenvalue weighted by atomic mass is 16.5. The Balaban J connectivity index is 2.06. The van der Waals surface area contributed by atoms with Gasteiger partial charge in [-0.1, -0.05) is 25.5 Å². The van der Waals surface area contributed by atoms with E-state index in [1.165, 1.54) is 0 Å². The molecule has 6 nitrogen and oxygen atoms in total. The predicted octanol–water partition coefficient (Wildman–Crippen LogP) is 4.06. The van der Waals surface area contributed by atoms with Crippen LogP contribution in [0.2, 0.25) is 0 Å². The summed E-state index contributed by atoms with van der Waals surface area (Å²) in [7, 11) is 0. The Morgan fingerprint density at radius 3 is 2.61 bits per heavy atom. The topological polar surface area (TPSA) is 104 Å². The molecule has 0 saturated carbocycles. The number of nitrogens with zero attached hydrogens (tertiary/aromatic N) is 1. The van der Waals surface area contributed by atoms with Gasteiger partial charge in [0.2, 0.25) is 5.88 Å². The summed E-state index contributed by atoms with van der Waals surface area (Å²) in [6.45, 7) is 5.18. The molecule has 0 unspecified atom stereocenters. The Bertz CT molecular complexity index is 931. The fraction of sp³-hybridized carbons (Fsp3) is 0.318. The number of nitrogens with two attached hydrogens (primary N) is 2. The molecule has 0 radical (unpaired) electrons. The van der Waals surface area contributed by atoms with Crippen molar-refractivity contribution < 1.29 is 14.2 Å². The molecular formula is C22H25N3O3. The van der Waals surface area contributed by atoms with Gasteiger partial charge in [0.25, 0.3) is 0 Å². The van der Waals surface area contributed by atoms with Crippen molar-refractivity contribution in [3.8, 4) is 23.3 Å². The maximum absolute atomic E-state index is 9.70. The minimum Gasteiger partial charge on any atom is -0.490 e. The van der Waals surface area contributed by atoms with Gasteiger partial charge in [0, 0.05) is 17.3 Å². The molecule has 1 aliphatic rings. The average molecular weight is 379 g/mol. The van der Waals surface area contributed by atoms with Crippen LogP contribution in [0.1, 0.15) is 43.7 Å². The molecule has 2 aromatic carbocycles. The molecule has 0 amide bonds. The van der Waals surface area contributed by atoms with Gasteiger partial charge in [-0.2, -0.15) is 5.26 Å². The van der Waals surface area contributed by atoms with Crippen molar-refractivity contribution in [1.29, 1.82) is 5.26 Å². The number of anilines is 1. The van der Waals surface area contributed by atoms with Crippen LogP contribution >= 0.6 is 0 Å². The van der Waals surface area contributed by atoms with E-state index in [9.17, 15) is 5.26 Å². The van der Waals surface area contributed by atoms with Gasteiger partial charge >= 0.3 is 0 Å². The standard InChI is InChI=1S/C22H25N3O3/c1-3-5-10-27-18-9-6-14(11-20(18)26-4-2)21-16-8-7-15(24)12-19(16)28-22(25)17(21)13-23/h6-9,11-12,21H,3-5,10,24-25H2,1-2H3/t21-/m0/s1. The van der Waals surface area contributed by atoms with E-state index in [1.807, 2.05) is 31.2 Å². The first-order valence-electron chi connectivity index (χ1n) is 9.45. The molecule has 0 fully saturated rings. The molecule has 3 rings (SSSR count). The molecule has 2 aromatic rings. The summed E-state index contributed by atoms with van der Waals surface area (Å²) < 4.78 is 17.3. The summed E-state index contributed by atoms with van der Waals surface area (Å²) in [5.41, 5.74) is 14.6. The van der Waals surface area contributed by atoms with E-state index < -0.39 is 0 Å². The number of allylic oxidation sites excluding steroid dienone is 1. The Hall–Kier alpha value is -3.33. The number of nitriles is 1. The van der Waals surface area contributed by atoms with Crippen molar-refractivity contribution in [2.75, 3.05) is 18.9 Å². The van der Waals surface area contributed by atoms with Crippen LogP contribution < -0.4 is 25.7 Å². The van der Waals surface area contributed by atoms with E-state index >= 15 is 0 Å². The summed E-state index contributed by atoms with van der Waals surface area (Å²) in [6.07, 6.45) is 2.03. The van der Waals surface area contributed by atoms with Gasteiger partial charge < -0.3 is 25.7 Å². The molecule has 146 valence electrons. The maximum atomic E-state index is 9.70. The first kappa shape index (κ1) is 19.4. The van der Waals surface area contributed by atoms with E-state index in [4.69, 9.17) is 25.7 Å². The molecular weight excluding hydrogens is 354 g/mol. The molecule has 28 heavy (non-hydrogen) atoms. The lowest BCUT2D eigenvalue weighted by molar-refractivity contribution is 0.272. The van der Waals surface area contributed by atoms with Crippen LogP contribution in [0, 0.1) is 11.3 Å². The molecule has 1 atom stereocenters. The van der Waals surface area contributed by atoms with E-state index in [-0.39, 0.29) is 11.8 Å². The number of ether oxygens (including phenoxy) is 3. The highest BCUT2D eigenvalue weighted by Gasteiger charge is 2.31. The summed E-state index contributed by atoms with van der Waals surface area (Å²) in [6, 6.07) is 13.3. The lowest BCUT2D eigenvalue weighted by Crippen LogP contribution is -2.21. The number of fused-ring (bicyclic) bond motifs is 1. The Labute approximate surface area is 165 Å². The second-order valence-corrected chi connectivity index (χ2v) is 6.56. The smallest absolute Gasteiger partial charge is 0.205 e. The Morgan fingerprint density at radius 1 is 1.07 bits per heavy atom. The normalized spacial score (nSPS) is 15.4. The van der Waals surface area contributed by atoms with Gasteiger partial charge in [0.05, 0.1) is 19.1 Å². The van der Waals surface area contributed by atoms with Crippen molar-refractivity contribution in [2.45, 2.75) is 32.6 Å². The fourth-order valence-corrected chi connectivity index (χ4v) is 3.23. The van der Waals surface area contributed by atoms with E-state index in [1.54, 1.807) is 12.1 Å². The molecule has 0 saturated heterocycles. The van der Waals surface area contributed by atoms with Gasteiger partial charge in [-0.05, 0) is 37.1 Å². The minimum atomic E-state index is -0.363. The molecule has 4 N–H and O–H groups in total. The van der Waals surface area contributed by atoms with Crippen molar-refractivity contribution in [1.82, 2.24) is 0 Å². The number of nitrogen functional groups attached to an aromatic ring is 1. The summed E-state index contributed by atoms with van der Waals surface area (Å²) >= 11 is 0. The molecule has 1 heterocycles. The first-order chi connectivity index (χ1) is 13.6. The predicted molar refractivity (Wildman–Crippen MR) is 108 cm³/mol. The zero-order valence-electron chi connectivity index (χ0n) is 16.2. The van der Waals surface area contributed by atoms with Crippen LogP contribution in [-0.4, -0.2) is 13.2 Å². The lowest BCUT2D eigenvalue weighted by atomic mass is 9.83. The largest absolute Gasteiger partial charge is 0.490 e. The van der Waals surface area contributed by atoms with Crippen molar-refractivity contribution in [3.05, 3.63) is 59.0 Å². The average Bonchev–Trinajstić information content (AvgIpc) is 2.68. The van der Waals surface area contributed by atoms with Crippen molar-refractivity contribution in [3.63, 3.8) is 0 Å². The number of rotatable bonds is 7. The minimum absolute atomic E-state index is 0.0897. The maximum Gasteiger partial charge on any atom is 0.205 e. The number of hydrogen-bond acceptors (Lipinski definition) is 6. The zero-order valence-corrected chi connectivity index (χ0v) is 16.2. The van der Waals surface area contributed by atoms with Crippen LogP contribution in [0.5, 0.6) is 17.2 Å². The second-order valence-electron chi connectivity index (χ2n) is 6.56. The molecule has 0 aliphatic carbocycles. The highest BCUT2D eigenvalue weighted by molar-refractivity contribution is 5.60. The van der Waals surface area contributed by atoms with Crippen LogP contribution in [0.25, 0.3) is 0 Å². The van der Waals surface area contributed by atoms with Crippen LogP contribution in [-0.2, 0) is 0 Å². The Kier molecular flexibility index (Phi) is 5.95. The second kappa shape index (κ2) is 8.57. The van der Waals surface area contributed by atoms with Gasteiger partial charge in [0.15, 0.2) is 11.5 Å². The Morgan fingerprint density at radius 2 is 1.89 bits per heavy atom. The molecule has 0 aromatic heterocycles. The van der Waals surface area contributed by atoms with Gasteiger partial charge in [0.1, 0.15) is 17.4 Å². The summed E-state index contributed by atoms with van der Waals surface area (Å²) in [4.78, 5) is 0. The van der Waals surface area contributed by atoms with E-state index in [2.05, 4.69) is 13.0 Å². The lowest BCUT2D eigenvalue weighted by Gasteiger charge is -2.27. The SMILES string of the molecule is CCCCOc1ccc([C@@H]2C(C#N)=C(N)Oc3cc(N)ccc32)cc1OCC. The van der Waals surface area contributed by atoms with Crippen LogP contribution in [0.3, 0.4) is 0 Å². The van der Waals surface area contributed by atoms with Gasteiger partial charge in [-0.25, -0.2) is 0 Å². The fourth-order valence-electron chi connectivity index (χ4n) is 3.23. The van der Waals surface area contributed by atoms with Crippen LogP contribution in [0.4, 0.5) is 5.69 Å². The zero-order chi connectivity index (χ0) is 20.1. The third kappa shape index (κ3) is 3.84. The van der Waals surface area contributed by atoms with Gasteiger partial charge in [-0.15, -0.1) is 0 Å². The third-order valence-electron chi connectivity index (χ3n) is 4.60. The number of unbranched alkanes of at least 4 members (excludes halogenated alkanes) is 1. The number of benzene rings is 2. The summed E-state index contributed by atoms with van der Waals surface area (Å²) in [5.74, 6) is 1.63. The molecule has 0 spiro atoms. The number of hydrogen-bond donors (Lipinski definition) is 2. The highest BCUT2D eigenvalue weighted by Crippen LogP contribution is 2.44. The van der Waals surface area contributed by atoms with Crippen LogP contribution in [0.15, 0.2) is 47.9 Å².